The number of anilines is 1. The van der Waals surface area contributed by atoms with Crippen molar-refractivity contribution in [2.45, 2.75) is 19.4 Å². The first-order valence-corrected chi connectivity index (χ1v) is 8.80. The van der Waals surface area contributed by atoms with Crippen LogP contribution in [0.2, 0.25) is 0 Å². The van der Waals surface area contributed by atoms with Gasteiger partial charge >= 0.3 is 0 Å². The molecule has 0 aliphatic carbocycles. The van der Waals surface area contributed by atoms with E-state index in [1.807, 2.05) is 54.4 Å². The van der Waals surface area contributed by atoms with Gasteiger partial charge < -0.3 is 9.80 Å². The minimum absolute atomic E-state index is 0.0242. The highest BCUT2D eigenvalue weighted by Crippen LogP contribution is 2.23. The molecular weight excluding hydrogens is 330 g/mol. The summed E-state index contributed by atoms with van der Waals surface area (Å²) in [7, 11) is 1.87. The number of piperidine rings is 1. The molecule has 26 heavy (non-hydrogen) atoms. The topological polar surface area (TPSA) is 79.5 Å². The Morgan fingerprint density at radius 3 is 2.92 bits per heavy atom. The van der Waals surface area contributed by atoms with Gasteiger partial charge in [-0.3, -0.25) is 4.79 Å². The van der Waals surface area contributed by atoms with E-state index in [0.717, 1.165) is 30.8 Å². The van der Waals surface area contributed by atoms with Crippen molar-refractivity contribution in [1.29, 1.82) is 0 Å². The number of carbonyl (C=O) groups is 1. The minimum Gasteiger partial charge on any atom is -0.354 e. The maximum atomic E-state index is 12.9. The third kappa shape index (κ3) is 3.35. The molecule has 1 saturated heterocycles. The molecular formula is C18H21N7O. The summed E-state index contributed by atoms with van der Waals surface area (Å²) < 4.78 is 1.42. The highest BCUT2D eigenvalue weighted by atomic mass is 16.2. The number of rotatable bonds is 4. The van der Waals surface area contributed by atoms with Crippen LogP contribution in [-0.4, -0.2) is 56.2 Å². The zero-order valence-corrected chi connectivity index (χ0v) is 14.7. The highest BCUT2D eigenvalue weighted by Gasteiger charge is 2.28. The van der Waals surface area contributed by atoms with Crippen LogP contribution in [0, 0.1) is 5.92 Å². The number of tetrazole rings is 1. The Morgan fingerprint density at radius 2 is 2.08 bits per heavy atom. The van der Waals surface area contributed by atoms with Crippen molar-refractivity contribution < 1.29 is 4.79 Å². The van der Waals surface area contributed by atoms with Crippen molar-refractivity contribution in [2.75, 3.05) is 25.0 Å². The molecule has 3 heterocycles. The number of amides is 1. The second-order valence-electron chi connectivity index (χ2n) is 6.68. The number of nitrogens with zero attached hydrogens (tertiary/aromatic N) is 7. The lowest BCUT2D eigenvalue weighted by molar-refractivity contribution is -0.135. The van der Waals surface area contributed by atoms with Crippen molar-refractivity contribution in [3.05, 3.63) is 48.0 Å². The van der Waals surface area contributed by atoms with E-state index in [1.165, 1.54) is 4.63 Å². The summed E-state index contributed by atoms with van der Waals surface area (Å²) in [6.45, 7) is 2.18. The molecule has 134 valence electrons. The Balaban J connectivity index is 1.44. The maximum absolute atomic E-state index is 12.9. The smallest absolute Gasteiger partial charge is 0.227 e. The summed E-state index contributed by atoms with van der Waals surface area (Å²) >= 11 is 0. The summed E-state index contributed by atoms with van der Waals surface area (Å²) in [6.07, 6.45) is 1.87. The van der Waals surface area contributed by atoms with Crippen LogP contribution in [0.25, 0.3) is 5.65 Å². The molecule has 0 saturated carbocycles. The summed E-state index contributed by atoms with van der Waals surface area (Å²) in [4.78, 5) is 16.9. The SMILES string of the molecule is CN(Cc1ccccc1)C(=O)[C@@H]1CCCN(c2ccc3nnnn3n2)C1. The number of hydrogen-bond donors (Lipinski definition) is 0. The first-order valence-electron chi connectivity index (χ1n) is 8.80. The molecule has 1 fully saturated rings. The van der Waals surface area contributed by atoms with Gasteiger partial charge in [-0.2, -0.15) is 0 Å². The van der Waals surface area contributed by atoms with Gasteiger partial charge in [0.1, 0.15) is 0 Å². The quantitative estimate of drug-likeness (QED) is 0.707. The van der Waals surface area contributed by atoms with Gasteiger partial charge in [0.05, 0.1) is 5.92 Å². The number of carbonyl (C=O) groups excluding carboxylic acids is 1. The fourth-order valence-corrected chi connectivity index (χ4v) is 3.44. The second-order valence-corrected chi connectivity index (χ2v) is 6.68. The van der Waals surface area contributed by atoms with E-state index in [9.17, 15) is 4.79 Å². The molecule has 2 aromatic heterocycles. The lowest BCUT2D eigenvalue weighted by Gasteiger charge is -2.34. The molecule has 0 N–H and O–H groups in total. The largest absolute Gasteiger partial charge is 0.354 e. The van der Waals surface area contributed by atoms with Crippen molar-refractivity contribution in [3.63, 3.8) is 0 Å². The highest BCUT2D eigenvalue weighted by molar-refractivity contribution is 5.79. The zero-order chi connectivity index (χ0) is 17.9. The van der Waals surface area contributed by atoms with Crippen LogP contribution < -0.4 is 4.90 Å². The van der Waals surface area contributed by atoms with Crippen molar-refractivity contribution in [2.24, 2.45) is 5.92 Å². The molecule has 3 aromatic rings. The maximum Gasteiger partial charge on any atom is 0.227 e. The summed E-state index contributed by atoms with van der Waals surface area (Å²) in [5.41, 5.74) is 1.75. The van der Waals surface area contributed by atoms with Crippen LogP contribution in [0.1, 0.15) is 18.4 Å². The van der Waals surface area contributed by atoms with Gasteiger partial charge in [-0.05, 0) is 41.0 Å². The van der Waals surface area contributed by atoms with Crippen LogP contribution in [0.15, 0.2) is 42.5 Å². The Morgan fingerprint density at radius 1 is 1.23 bits per heavy atom. The van der Waals surface area contributed by atoms with Gasteiger partial charge in [0.2, 0.25) is 5.91 Å². The first kappa shape index (κ1) is 16.4. The summed E-state index contributed by atoms with van der Waals surface area (Å²) in [6, 6.07) is 13.8. The molecule has 8 nitrogen and oxygen atoms in total. The van der Waals surface area contributed by atoms with E-state index >= 15 is 0 Å². The van der Waals surface area contributed by atoms with Gasteiger partial charge in [-0.15, -0.1) is 14.8 Å². The predicted molar refractivity (Wildman–Crippen MR) is 96.4 cm³/mol. The van der Waals surface area contributed by atoms with Crippen LogP contribution >= 0.6 is 0 Å². The fraction of sp³-hybridized carbons (Fsp3) is 0.389. The molecule has 1 aromatic carbocycles. The Labute approximate surface area is 151 Å². The zero-order valence-electron chi connectivity index (χ0n) is 14.7. The molecule has 1 aliphatic heterocycles. The number of hydrogen-bond acceptors (Lipinski definition) is 6. The van der Waals surface area contributed by atoms with Crippen molar-refractivity contribution >= 4 is 17.4 Å². The van der Waals surface area contributed by atoms with Crippen LogP contribution in [0.4, 0.5) is 5.82 Å². The van der Waals surface area contributed by atoms with Gasteiger partial charge in [0.15, 0.2) is 11.5 Å². The third-order valence-electron chi connectivity index (χ3n) is 4.79. The molecule has 0 unspecified atom stereocenters. The number of fused-ring (bicyclic) bond motifs is 1. The van der Waals surface area contributed by atoms with Crippen LogP contribution in [-0.2, 0) is 11.3 Å². The molecule has 1 aliphatic rings. The first-order chi connectivity index (χ1) is 12.7. The predicted octanol–water partition coefficient (Wildman–Crippen LogP) is 1.39. The summed E-state index contributed by atoms with van der Waals surface area (Å²) in [5.74, 6) is 0.957. The Bertz CT molecular complexity index is 895. The second kappa shape index (κ2) is 7.07. The monoisotopic (exact) mass is 351 g/mol. The molecule has 8 heteroatoms. The average molecular weight is 351 g/mol. The molecule has 1 atom stereocenters. The third-order valence-corrected chi connectivity index (χ3v) is 4.79. The van der Waals surface area contributed by atoms with Crippen LogP contribution in [0.5, 0.6) is 0 Å². The Hall–Kier alpha value is -3.03. The minimum atomic E-state index is -0.0242. The fourth-order valence-electron chi connectivity index (χ4n) is 3.44. The lowest BCUT2D eigenvalue weighted by atomic mass is 9.96. The van der Waals surface area contributed by atoms with E-state index < -0.39 is 0 Å². The molecule has 1 amide bonds. The number of aromatic nitrogens is 5. The van der Waals surface area contributed by atoms with Crippen molar-refractivity contribution in [3.8, 4) is 0 Å². The van der Waals surface area contributed by atoms with E-state index in [-0.39, 0.29) is 11.8 Å². The van der Waals surface area contributed by atoms with Gasteiger partial charge in [-0.25, -0.2) is 0 Å². The van der Waals surface area contributed by atoms with Crippen LogP contribution in [0.3, 0.4) is 0 Å². The van der Waals surface area contributed by atoms with E-state index in [0.29, 0.717) is 18.7 Å². The Kier molecular flexibility index (Phi) is 4.47. The van der Waals surface area contributed by atoms with Gasteiger partial charge in [0, 0.05) is 26.7 Å². The average Bonchev–Trinajstić information content (AvgIpc) is 3.16. The lowest BCUT2D eigenvalue weighted by Crippen LogP contribution is -2.44. The normalized spacial score (nSPS) is 17.4. The van der Waals surface area contributed by atoms with E-state index in [4.69, 9.17) is 0 Å². The van der Waals surface area contributed by atoms with Gasteiger partial charge in [-0.1, -0.05) is 30.3 Å². The van der Waals surface area contributed by atoms with E-state index in [2.05, 4.69) is 25.5 Å². The molecule has 0 spiro atoms. The molecule has 4 rings (SSSR count). The molecule has 0 radical (unpaired) electrons. The number of benzene rings is 1. The summed E-state index contributed by atoms with van der Waals surface area (Å²) in [5, 5.41) is 15.8. The van der Waals surface area contributed by atoms with Crippen molar-refractivity contribution in [1.82, 2.24) is 30.2 Å². The van der Waals surface area contributed by atoms with Gasteiger partial charge in [0.25, 0.3) is 0 Å². The molecule has 0 bridgehead atoms. The van der Waals surface area contributed by atoms with E-state index in [1.54, 1.807) is 0 Å². The standard InChI is InChI=1S/C18H21N7O/c1-23(12-14-6-3-2-4-7-14)18(26)15-8-5-11-24(13-15)17-10-9-16-19-21-22-25(16)20-17/h2-4,6-7,9-10,15H,5,8,11-13H2,1H3/t15-/m1/s1.